The fraction of sp³-hybridized carbons (Fsp3) is 0.200. The molecule has 0 spiro atoms. The topological polar surface area (TPSA) is 102 Å². The molecule has 0 unspecified atom stereocenters. The number of nitro groups is 1. The van der Waals surface area contributed by atoms with Gasteiger partial charge in [0.05, 0.1) is 30.8 Å². The number of carbonyl (C=O) groups is 1. The number of methoxy groups -OCH3 is 2. The van der Waals surface area contributed by atoms with Crippen molar-refractivity contribution in [3.63, 3.8) is 0 Å². The predicted molar refractivity (Wildman–Crippen MR) is 55.7 cm³/mol. The van der Waals surface area contributed by atoms with Gasteiger partial charge in [-0.05, 0) is 6.07 Å². The van der Waals surface area contributed by atoms with Crippen LogP contribution in [0.25, 0.3) is 0 Å². The average Bonchev–Trinajstić information content (AvgIpc) is 2.35. The number of hydrogen-bond donors (Lipinski definition) is 0. The van der Waals surface area contributed by atoms with Gasteiger partial charge in [0.1, 0.15) is 5.56 Å². The van der Waals surface area contributed by atoms with Crippen LogP contribution in [0.3, 0.4) is 0 Å². The van der Waals surface area contributed by atoms with Crippen LogP contribution in [0, 0.1) is 21.4 Å². The van der Waals surface area contributed by atoms with E-state index in [9.17, 15) is 14.9 Å². The second-order valence-corrected chi connectivity index (χ2v) is 2.94. The lowest BCUT2D eigenvalue weighted by molar-refractivity contribution is -0.385. The van der Waals surface area contributed by atoms with E-state index < -0.39 is 16.6 Å². The molecule has 17 heavy (non-hydrogen) atoms. The summed E-state index contributed by atoms with van der Waals surface area (Å²) in [4.78, 5) is 21.4. The van der Waals surface area contributed by atoms with E-state index in [4.69, 9.17) is 10.00 Å². The zero-order valence-corrected chi connectivity index (χ0v) is 9.09. The normalized spacial score (nSPS) is 9.24. The summed E-state index contributed by atoms with van der Waals surface area (Å²) in [6.07, 6.45) is 0. The van der Waals surface area contributed by atoms with Crippen molar-refractivity contribution in [3.8, 4) is 11.8 Å². The second-order valence-electron chi connectivity index (χ2n) is 2.94. The lowest BCUT2D eigenvalue weighted by Crippen LogP contribution is -2.07. The van der Waals surface area contributed by atoms with Crippen molar-refractivity contribution in [2.45, 2.75) is 0 Å². The molecule has 1 aromatic carbocycles. The van der Waals surface area contributed by atoms with E-state index in [2.05, 4.69) is 4.74 Å². The van der Waals surface area contributed by atoms with Crippen molar-refractivity contribution >= 4 is 11.7 Å². The number of carbonyl (C=O) groups excluding carboxylic acids is 1. The zero-order chi connectivity index (χ0) is 13.0. The average molecular weight is 236 g/mol. The van der Waals surface area contributed by atoms with Crippen molar-refractivity contribution in [3.05, 3.63) is 33.4 Å². The largest absolute Gasteiger partial charge is 0.490 e. The van der Waals surface area contributed by atoms with Gasteiger partial charge in [0, 0.05) is 6.07 Å². The molecule has 0 radical (unpaired) electrons. The van der Waals surface area contributed by atoms with Crippen molar-refractivity contribution < 1.29 is 19.2 Å². The van der Waals surface area contributed by atoms with Crippen LogP contribution in [-0.2, 0) is 4.74 Å². The molecular formula is C10H8N2O5. The van der Waals surface area contributed by atoms with E-state index in [1.54, 1.807) is 6.07 Å². The Balaban J connectivity index is 3.57. The fourth-order valence-corrected chi connectivity index (χ4v) is 1.29. The van der Waals surface area contributed by atoms with Crippen molar-refractivity contribution in [2.24, 2.45) is 0 Å². The lowest BCUT2D eigenvalue weighted by atomic mass is 10.1. The summed E-state index contributed by atoms with van der Waals surface area (Å²) in [5.74, 6) is -1.03. The number of rotatable bonds is 3. The molecule has 0 heterocycles. The van der Waals surface area contributed by atoms with E-state index in [1.807, 2.05) is 0 Å². The molecule has 0 aliphatic rings. The Morgan fingerprint density at radius 2 is 2.12 bits per heavy atom. The summed E-state index contributed by atoms with van der Waals surface area (Å²) in [6.45, 7) is 0. The highest BCUT2D eigenvalue weighted by molar-refractivity contribution is 5.94. The summed E-state index contributed by atoms with van der Waals surface area (Å²) in [6, 6.07) is 3.94. The van der Waals surface area contributed by atoms with Crippen LogP contribution in [0.5, 0.6) is 5.75 Å². The van der Waals surface area contributed by atoms with Crippen LogP contribution in [0.1, 0.15) is 15.9 Å². The van der Waals surface area contributed by atoms with Gasteiger partial charge < -0.3 is 9.47 Å². The molecule has 88 valence electrons. The number of nitrogens with zero attached hydrogens (tertiary/aromatic N) is 2. The third-order valence-corrected chi connectivity index (χ3v) is 2.00. The molecule has 7 heteroatoms. The van der Waals surface area contributed by atoms with E-state index in [-0.39, 0.29) is 16.9 Å². The van der Waals surface area contributed by atoms with Gasteiger partial charge in [-0.15, -0.1) is 0 Å². The van der Waals surface area contributed by atoms with Gasteiger partial charge in [-0.3, -0.25) is 10.1 Å². The number of benzene rings is 1. The summed E-state index contributed by atoms with van der Waals surface area (Å²) in [7, 11) is 2.33. The highest BCUT2D eigenvalue weighted by Gasteiger charge is 2.25. The van der Waals surface area contributed by atoms with Crippen molar-refractivity contribution in [2.75, 3.05) is 14.2 Å². The standard InChI is InChI=1S/C10H8N2O5/c1-16-9-7(10(13)17-2)3-6(5-11)4-8(9)12(14)15/h3-4H,1-2H3. The highest BCUT2D eigenvalue weighted by Crippen LogP contribution is 2.32. The third-order valence-electron chi connectivity index (χ3n) is 2.00. The van der Waals surface area contributed by atoms with Gasteiger partial charge in [-0.25, -0.2) is 4.79 Å². The van der Waals surface area contributed by atoms with Crippen LogP contribution in [0.4, 0.5) is 5.69 Å². The molecule has 0 aliphatic heterocycles. The maximum Gasteiger partial charge on any atom is 0.341 e. The van der Waals surface area contributed by atoms with E-state index in [1.165, 1.54) is 13.2 Å². The number of hydrogen-bond acceptors (Lipinski definition) is 6. The summed E-state index contributed by atoms with van der Waals surface area (Å²) in [5, 5.41) is 19.5. The van der Waals surface area contributed by atoms with E-state index in [0.717, 1.165) is 13.2 Å². The monoisotopic (exact) mass is 236 g/mol. The fourth-order valence-electron chi connectivity index (χ4n) is 1.29. The van der Waals surface area contributed by atoms with Crippen LogP contribution in [0.2, 0.25) is 0 Å². The number of nitriles is 1. The smallest absolute Gasteiger partial charge is 0.341 e. The summed E-state index contributed by atoms with van der Waals surface area (Å²) >= 11 is 0. The predicted octanol–water partition coefficient (Wildman–Crippen LogP) is 1.26. The van der Waals surface area contributed by atoms with Crippen LogP contribution >= 0.6 is 0 Å². The Hall–Kier alpha value is -2.62. The molecule has 1 aromatic rings. The minimum Gasteiger partial charge on any atom is -0.490 e. The molecule has 0 N–H and O–H groups in total. The maximum atomic E-state index is 11.4. The first kappa shape index (κ1) is 12.4. The minimum absolute atomic E-state index is 0.0158. The highest BCUT2D eigenvalue weighted by atomic mass is 16.6. The molecule has 0 fully saturated rings. The Morgan fingerprint density at radius 3 is 2.53 bits per heavy atom. The van der Waals surface area contributed by atoms with Gasteiger partial charge >= 0.3 is 11.7 Å². The number of nitro benzene ring substituents is 1. The third kappa shape index (κ3) is 2.31. The molecule has 0 saturated carbocycles. The Bertz CT molecular complexity index is 518. The molecule has 0 saturated heterocycles. The second kappa shape index (κ2) is 4.94. The molecule has 0 aromatic heterocycles. The first-order chi connectivity index (χ1) is 8.04. The summed E-state index contributed by atoms with van der Waals surface area (Å²) < 4.78 is 9.27. The van der Waals surface area contributed by atoms with Gasteiger partial charge in [0.25, 0.3) is 0 Å². The van der Waals surface area contributed by atoms with Gasteiger partial charge in [-0.2, -0.15) is 5.26 Å². The van der Waals surface area contributed by atoms with Gasteiger partial charge in [-0.1, -0.05) is 0 Å². The van der Waals surface area contributed by atoms with E-state index in [0.29, 0.717) is 0 Å². The number of ether oxygens (including phenoxy) is 2. The molecule has 7 nitrogen and oxygen atoms in total. The molecular weight excluding hydrogens is 228 g/mol. The zero-order valence-electron chi connectivity index (χ0n) is 9.09. The number of esters is 1. The van der Waals surface area contributed by atoms with Crippen LogP contribution in [-0.4, -0.2) is 25.1 Å². The molecule has 0 amide bonds. The first-order valence-corrected chi connectivity index (χ1v) is 4.40. The van der Waals surface area contributed by atoms with Crippen molar-refractivity contribution in [1.29, 1.82) is 5.26 Å². The molecule has 0 aliphatic carbocycles. The first-order valence-electron chi connectivity index (χ1n) is 4.40. The van der Waals surface area contributed by atoms with Gasteiger partial charge in [0.2, 0.25) is 5.75 Å². The minimum atomic E-state index is -0.804. The lowest BCUT2D eigenvalue weighted by Gasteiger charge is -2.07. The van der Waals surface area contributed by atoms with Crippen molar-refractivity contribution in [1.82, 2.24) is 0 Å². The summed E-state index contributed by atoms with van der Waals surface area (Å²) in [5.41, 5.74) is -0.620. The van der Waals surface area contributed by atoms with Crippen LogP contribution < -0.4 is 4.74 Å². The quantitative estimate of drug-likeness (QED) is 0.444. The molecule has 0 bridgehead atoms. The van der Waals surface area contributed by atoms with Crippen LogP contribution in [0.15, 0.2) is 12.1 Å². The Morgan fingerprint density at radius 1 is 1.47 bits per heavy atom. The van der Waals surface area contributed by atoms with Gasteiger partial charge in [0.15, 0.2) is 0 Å². The molecule has 1 rings (SSSR count). The Labute approximate surface area is 96.3 Å². The van der Waals surface area contributed by atoms with E-state index >= 15 is 0 Å². The molecule has 0 atom stereocenters. The Kier molecular flexibility index (Phi) is 3.62. The maximum absolute atomic E-state index is 11.4. The SMILES string of the molecule is COC(=O)c1cc(C#N)cc([N+](=O)[O-])c1OC.